The van der Waals surface area contributed by atoms with Crippen LogP contribution in [0.5, 0.6) is 0 Å². The van der Waals surface area contributed by atoms with E-state index in [2.05, 4.69) is 10.3 Å². The molecule has 10 heteroatoms. The molecule has 24 heavy (non-hydrogen) atoms. The number of carbonyl (C=O) groups excluding carboxylic acids is 1. The number of nitrogens with one attached hydrogen (secondary N) is 1. The van der Waals surface area contributed by atoms with E-state index in [9.17, 15) is 19.7 Å². The van der Waals surface area contributed by atoms with Gasteiger partial charge in [0.25, 0.3) is 11.2 Å². The molecule has 0 aliphatic rings. The van der Waals surface area contributed by atoms with Gasteiger partial charge in [0, 0.05) is 12.1 Å². The molecule has 0 saturated carbocycles. The van der Waals surface area contributed by atoms with Gasteiger partial charge in [0.05, 0.1) is 27.3 Å². The molecule has 122 valence electrons. The van der Waals surface area contributed by atoms with E-state index >= 15 is 0 Å². The first kappa shape index (κ1) is 16.1. The van der Waals surface area contributed by atoms with Gasteiger partial charge in [0.1, 0.15) is 11.4 Å². The molecule has 1 N–H and O–H groups in total. The second kappa shape index (κ2) is 6.38. The maximum absolute atomic E-state index is 12.2. The largest absolute Gasteiger partial charge is 0.323 e. The van der Waals surface area contributed by atoms with Gasteiger partial charge in [0.2, 0.25) is 5.91 Å². The van der Waals surface area contributed by atoms with E-state index in [1.165, 1.54) is 29.8 Å². The quantitative estimate of drug-likeness (QED) is 0.565. The third kappa shape index (κ3) is 3.12. The molecule has 2 aromatic heterocycles. The first-order valence-corrected chi connectivity index (χ1v) is 7.88. The zero-order valence-corrected chi connectivity index (χ0v) is 13.5. The Kier molecular flexibility index (Phi) is 4.28. The standard InChI is InChI=1S/C14H9ClN4O4S/c15-10-2-1-8(19(22)23)5-11(10)17-12(20)6-18-7-16-13-9(14(18)21)3-4-24-13/h1-5,7H,6H2,(H,17,20). The van der Waals surface area contributed by atoms with Crippen molar-refractivity contribution in [1.82, 2.24) is 9.55 Å². The zero-order valence-electron chi connectivity index (χ0n) is 11.9. The Morgan fingerprint density at radius 1 is 1.42 bits per heavy atom. The molecule has 0 radical (unpaired) electrons. The Morgan fingerprint density at radius 2 is 2.21 bits per heavy atom. The van der Waals surface area contributed by atoms with Crippen molar-refractivity contribution in [2.24, 2.45) is 0 Å². The van der Waals surface area contributed by atoms with Crippen molar-refractivity contribution < 1.29 is 9.72 Å². The van der Waals surface area contributed by atoms with E-state index in [1.54, 1.807) is 11.4 Å². The number of rotatable bonds is 4. The Balaban J connectivity index is 1.82. The summed E-state index contributed by atoms with van der Waals surface area (Å²) < 4.78 is 1.16. The molecule has 0 fully saturated rings. The van der Waals surface area contributed by atoms with Crippen LogP contribution in [0.1, 0.15) is 0 Å². The lowest BCUT2D eigenvalue weighted by molar-refractivity contribution is -0.384. The molecule has 0 aliphatic heterocycles. The number of carbonyl (C=O) groups is 1. The van der Waals surface area contributed by atoms with Crippen LogP contribution in [0, 0.1) is 10.1 Å². The Morgan fingerprint density at radius 3 is 2.96 bits per heavy atom. The van der Waals surface area contributed by atoms with Crippen LogP contribution in [0.2, 0.25) is 5.02 Å². The number of aromatic nitrogens is 2. The number of halogens is 1. The summed E-state index contributed by atoms with van der Waals surface area (Å²) in [5, 5.41) is 15.6. The van der Waals surface area contributed by atoms with Crippen LogP contribution in [-0.4, -0.2) is 20.4 Å². The number of anilines is 1. The normalized spacial score (nSPS) is 10.7. The highest BCUT2D eigenvalue weighted by Crippen LogP contribution is 2.26. The molecule has 0 spiro atoms. The third-order valence-corrected chi connectivity index (χ3v) is 4.35. The van der Waals surface area contributed by atoms with Crippen LogP contribution in [0.4, 0.5) is 11.4 Å². The summed E-state index contributed by atoms with van der Waals surface area (Å²) in [6.07, 6.45) is 1.29. The highest BCUT2D eigenvalue weighted by molar-refractivity contribution is 7.16. The zero-order chi connectivity index (χ0) is 17.3. The summed E-state index contributed by atoms with van der Waals surface area (Å²) in [6.45, 7) is -0.281. The van der Waals surface area contributed by atoms with Crippen molar-refractivity contribution in [3.63, 3.8) is 0 Å². The molecule has 1 aromatic carbocycles. The predicted octanol–water partition coefficient (Wildman–Crippen LogP) is 2.66. The third-order valence-electron chi connectivity index (χ3n) is 3.20. The average molecular weight is 365 g/mol. The van der Waals surface area contributed by atoms with Gasteiger partial charge in [-0.2, -0.15) is 0 Å². The molecule has 0 aliphatic carbocycles. The SMILES string of the molecule is O=C(Cn1cnc2sccc2c1=O)Nc1cc([N+](=O)[O-])ccc1Cl. The first-order chi connectivity index (χ1) is 11.5. The Labute approximate surface area is 143 Å². The highest BCUT2D eigenvalue weighted by Gasteiger charge is 2.13. The van der Waals surface area contributed by atoms with Crippen LogP contribution in [-0.2, 0) is 11.3 Å². The van der Waals surface area contributed by atoms with Gasteiger partial charge >= 0.3 is 0 Å². The molecule has 8 nitrogen and oxygen atoms in total. The summed E-state index contributed by atoms with van der Waals surface area (Å²) in [4.78, 5) is 39.2. The van der Waals surface area contributed by atoms with E-state index in [0.717, 1.165) is 10.6 Å². The number of non-ortho nitro benzene ring substituents is 1. The van der Waals surface area contributed by atoms with E-state index < -0.39 is 10.8 Å². The van der Waals surface area contributed by atoms with E-state index in [-0.39, 0.29) is 28.5 Å². The number of nitrogens with zero attached hydrogens (tertiary/aromatic N) is 3. The summed E-state index contributed by atoms with van der Waals surface area (Å²) in [6, 6.07) is 5.35. The lowest BCUT2D eigenvalue weighted by atomic mass is 10.2. The van der Waals surface area contributed by atoms with Gasteiger partial charge in [-0.3, -0.25) is 24.3 Å². The fourth-order valence-electron chi connectivity index (χ4n) is 2.07. The van der Waals surface area contributed by atoms with Crippen LogP contribution in [0.25, 0.3) is 10.2 Å². The van der Waals surface area contributed by atoms with Crippen molar-refractivity contribution >= 4 is 50.4 Å². The van der Waals surface area contributed by atoms with Crippen LogP contribution in [0.15, 0.2) is 40.8 Å². The molecule has 0 atom stereocenters. The van der Waals surface area contributed by atoms with Crippen LogP contribution < -0.4 is 10.9 Å². The topological polar surface area (TPSA) is 107 Å². The van der Waals surface area contributed by atoms with Gasteiger partial charge in [-0.25, -0.2) is 4.98 Å². The minimum absolute atomic E-state index is 0.105. The summed E-state index contributed by atoms with van der Waals surface area (Å²) >= 11 is 7.26. The highest BCUT2D eigenvalue weighted by atomic mass is 35.5. The van der Waals surface area contributed by atoms with Gasteiger partial charge < -0.3 is 5.32 Å². The maximum atomic E-state index is 12.2. The average Bonchev–Trinajstić information content (AvgIpc) is 3.01. The first-order valence-electron chi connectivity index (χ1n) is 6.62. The molecule has 0 saturated heterocycles. The van der Waals surface area contributed by atoms with Gasteiger partial charge in [-0.1, -0.05) is 11.6 Å². The number of benzene rings is 1. The summed E-state index contributed by atoms with van der Waals surface area (Å²) in [5.41, 5.74) is -0.428. The fraction of sp³-hybridized carbons (Fsp3) is 0.0714. The fourth-order valence-corrected chi connectivity index (χ4v) is 2.96. The summed E-state index contributed by atoms with van der Waals surface area (Å²) in [5.74, 6) is -0.545. The Bertz CT molecular complexity index is 1010. The molecule has 3 rings (SSSR count). The van der Waals surface area contributed by atoms with Crippen LogP contribution in [0.3, 0.4) is 0 Å². The van der Waals surface area contributed by atoms with Crippen LogP contribution >= 0.6 is 22.9 Å². The monoisotopic (exact) mass is 364 g/mol. The van der Waals surface area contributed by atoms with Crippen molar-refractivity contribution in [3.05, 3.63) is 61.5 Å². The number of nitro benzene ring substituents is 1. The molecule has 0 unspecified atom stereocenters. The number of amides is 1. The van der Waals surface area contributed by atoms with E-state index in [0.29, 0.717) is 10.2 Å². The van der Waals surface area contributed by atoms with Gasteiger partial charge in [0.15, 0.2) is 0 Å². The molecule has 0 bridgehead atoms. The van der Waals surface area contributed by atoms with E-state index in [4.69, 9.17) is 11.6 Å². The second-order valence-electron chi connectivity index (χ2n) is 4.79. The number of thiophene rings is 1. The lowest BCUT2D eigenvalue weighted by Gasteiger charge is -2.08. The number of fused-ring (bicyclic) bond motifs is 1. The number of hydrogen-bond donors (Lipinski definition) is 1. The maximum Gasteiger partial charge on any atom is 0.271 e. The van der Waals surface area contributed by atoms with Crippen molar-refractivity contribution in [2.75, 3.05) is 5.32 Å². The number of hydrogen-bond acceptors (Lipinski definition) is 6. The molecule has 2 heterocycles. The van der Waals surface area contributed by atoms with Gasteiger partial charge in [-0.05, 0) is 17.5 Å². The van der Waals surface area contributed by atoms with Crippen molar-refractivity contribution in [2.45, 2.75) is 6.54 Å². The minimum atomic E-state index is -0.592. The molecule has 1 amide bonds. The lowest BCUT2D eigenvalue weighted by Crippen LogP contribution is -2.27. The van der Waals surface area contributed by atoms with E-state index in [1.807, 2.05) is 0 Å². The smallest absolute Gasteiger partial charge is 0.271 e. The number of nitro groups is 1. The predicted molar refractivity (Wildman–Crippen MR) is 90.6 cm³/mol. The minimum Gasteiger partial charge on any atom is -0.323 e. The second-order valence-corrected chi connectivity index (χ2v) is 6.09. The Hall–Kier alpha value is -2.78. The molecular formula is C14H9ClN4O4S. The van der Waals surface area contributed by atoms with Crippen molar-refractivity contribution in [1.29, 1.82) is 0 Å². The molecule has 3 aromatic rings. The summed E-state index contributed by atoms with van der Waals surface area (Å²) in [7, 11) is 0. The van der Waals surface area contributed by atoms with Gasteiger partial charge in [-0.15, -0.1) is 11.3 Å². The molecular weight excluding hydrogens is 356 g/mol. The van der Waals surface area contributed by atoms with Crippen molar-refractivity contribution in [3.8, 4) is 0 Å².